The molecule has 0 aliphatic carbocycles. The van der Waals surface area contributed by atoms with Crippen LogP contribution >= 0.6 is 0 Å². The summed E-state index contributed by atoms with van der Waals surface area (Å²) in [5.74, 6) is 0.409. The predicted octanol–water partition coefficient (Wildman–Crippen LogP) is 2.86. The van der Waals surface area contributed by atoms with Gasteiger partial charge in [-0.1, -0.05) is 37.3 Å². The quantitative estimate of drug-likeness (QED) is 0.493. The minimum absolute atomic E-state index is 0.0902. The fourth-order valence-corrected chi connectivity index (χ4v) is 3.21. The third kappa shape index (κ3) is 4.87. The monoisotopic (exact) mass is 395 g/mol. The molecule has 1 heterocycles. The highest BCUT2D eigenvalue weighted by molar-refractivity contribution is 5.78. The van der Waals surface area contributed by atoms with Crippen LogP contribution in [0.3, 0.4) is 0 Å². The molecule has 0 bridgehead atoms. The Kier molecular flexibility index (Phi) is 6.07. The van der Waals surface area contributed by atoms with Gasteiger partial charge in [0.15, 0.2) is 0 Å². The van der Waals surface area contributed by atoms with Crippen molar-refractivity contribution in [1.82, 2.24) is 15.3 Å². The Morgan fingerprint density at radius 3 is 2.41 bits per heavy atom. The number of hydrogen-bond donors (Lipinski definition) is 4. The number of aromatic amines is 2. The molecule has 0 radical (unpaired) electrons. The number of imidazole rings is 1. The second kappa shape index (κ2) is 8.68. The topological polar surface area (TPSA) is 107 Å². The van der Waals surface area contributed by atoms with Gasteiger partial charge in [0.05, 0.1) is 19.2 Å². The molecule has 2 aromatic carbocycles. The summed E-state index contributed by atoms with van der Waals surface area (Å²) in [7, 11) is 1.66. The van der Waals surface area contributed by atoms with Gasteiger partial charge in [0.25, 0.3) is 0 Å². The van der Waals surface area contributed by atoms with Crippen LogP contribution in [0.4, 0.5) is 0 Å². The maximum absolute atomic E-state index is 12.1. The van der Waals surface area contributed by atoms with Crippen molar-refractivity contribution in [3.63, 3.8) is 0 Å². The minimum Gasteiger partial charge on any atom is -0.496 e. The summed E-state index contributed by atoms with van der Waals surface area (Å²) in [4.78, 5) is 27.8. The molecule has 1 unspecified atom stereocenters. The largest absolute Gasteiger partial charge is 0.496 e. The van der Waals surface area contributed by atoms with Crippen molar-refractivity contribution in [3.8, 4) is 22.8 Å². The number of hydrogen-bond acceptors (Lipinski definition) is 4. The highest BCUT2D eigenvalue weighted by Crippen LogP contribution is 2.27. The molecule has 1 amide bonds. The Morgan fingerprint density at radius 2 is 1.83 bits per heavy atom. The average Bonchev–Trinajstić information content (AvgIpc) is 3.02. The summed E-state index contributed by atoms with van der Waals surface area (Å²) >= 11 is 0. The Balaban J connectivity index is 1.59. The molecule has 0 spiro atoms. The standard InChI is InChI=1S/C22H25N3O4/c1-13-10-17(8-9-19(13)29-3)16-6-4-15(5-7-16)14(2)12-23-20(26)11-18-21(27)25-22(28)24-18/h4-10,14,27H,11-12H2,1-3H3,(H,23,26)(H2,24,25,28). The molecule has 0 saturated heterocycles. The lowest BCUT2D eigenvalue weighted by Crippen LogP contribution is -2.29. The lowest BCUT2D eigenvalue weighted by atomic mass is 9.96. The first-order chi connectivity index (χ1) is 13.9. The van der Waals surface area contributed by atoms with Crippen molar-refractivity contribution >= 4 is 5.91 Å². The molecule has 4 N–H and O–H groups in total. The summed E-state index contributed by atoms with van der Waals surface area (Å²) in [6, 6.07) is 14.3. The predicted molar refractivity (Wildman–Crippen MR) is 111 cm³/mol. The van der Waals surface area contributed by atoms with E-state index in [-0.39, 0.29) is 29.8 Å². The first-order valence-electron chi connectivity index (χ1n) is 9.39. The Bertz CT molecular complexity index is 1050. The normalized spacial score (nSPS) is 11.8. The fraction of sp³-hybridized carbons (Fsp3) is 0.273. The number of benzene rings is 2. The third-order valence-electron chi connectivity index (χ3n) is 4.93. The molecule has 3 rings (SSSR count). The molecule has 3 aromatic rings. The molecule has 0 saturated carbocycles. The summed E-state index contributed by atoms with van der Waals surface area (Å²) < 4.78 is 5.31. The lowest BCUT2D eigenvalue weighted by molar-refractivity contribution is -0.120. The number of aromatic nitrogens is 2. The van der Waals surface area contributed by atoms with Gasteiger partial charge in [-0.05, 0) is 47.2 Å². The molecule has 1 atom stereocenters. The van der Waals surface area contributed by atoms with E-state index in [1.165, 1.54) is 0 Å². The highest BCUT2D eigenvalue weighted by atomic mass is 16.5. The van der Waals surface area contributed by atoms with Gasteiger partial charge >= 0.3 is 5.69 Å². The van der Waals surface area contributed by atoms with Crippen molar-refractivity contribution in [3.05, 3.63) is 69.8 Å². The van der Waals surface area contributed by atoms with Gasteiger partial charge in [0.2, 0.25) is 11.8 Å². The fourth-order valence-electron chi connectivity index (χ4n) is 3.21. The zero-order chi connectivity index (χ0) is 21.0. The van der Waals surface area contributed by atoms with Gasteiger partial charge in [0.1, 0.15) is 5.75 Å². The van der Waals surface area contributed by atoms with Gasteiger partial charge in [-0.3, -0.25) is 9.78 Å². The van der Waals surface area contributed by atoms with Crippen LogP contribution in [0.5, 0.6) is 11.6 Å². The molecule has 7 heteroatoms. The maximum atomic E-state index is 12.1. The molecule has 0 aliphatic heterocycles. The van der Waals surface area contributed by atoms with E-state index in [1.54, 1.807) is 7.11 Å². The average molecular weight is 395 g/mol. The second-order valence-corrected chi connectivity index (χ2v) is 7.09. The molecular formula is C22H25N3O4. The molecule has 29 heavy (non-hydrogen) atoms. The van der Waals surface area contributed by atoms with E-state index in [0.29, 0.717) is 6.54 Å². The minimum atomic E-state index is -0.536. The van der Waals surface area contributed by atoms with Crippen molar-refractivity contribution < 1.29 is 14.6 Å². The number of aromatic hydroxyl groups is 1. The van der Waals surface area contributed by atoms with E-state index < -0.39 is 5.69 Å². The summed E-state index contributed by atoms with van der Waals surface area (Å²) in [6.07, 6.45) is -0.0902. The Morgan fingerprint density at radius 1 is 1.14 bits per heavy atom. The van der Waals surface area contributed by atoms with Gasteiger partial charge in [-0.2, -0.15) is 0 Å². The Labute approximate surface area is 168 Å². The summed E-state index contributed by atoms with van der Waals surface area (Å²) in [5, 5.41) is 12.4. The van der Waals surface area contributed by atoms with Crippen LogP contribution in [0.2, 0.25) is 0 Å². The van der Waals surface area contributed by atoms with E-state index >= 15 is 0 Å². The number of amides is 1. The zero-order valence-electron chi connectivity index (χ0n) is 16.7. The first-order valence-corrected chi connectivity index (χ1v) is 9.39. The second-order valence-electron chi connectivity index (χ2n) is 7.09. The van der Waals surface area contributed by atoms with Crippen LogP contribution in [-0.2, 0) is 11.2 Å². The van der Waals surface area contributed by atoms with Gasteiger partial charge < -0.3 is 20.1 Å². The van der Waals surface area contributed by atoms with Crippen LogP contribution in [0.15, 0.2) is 47.3 Å². The number of rotatable bonds is 7. The summed E-state index contributed by atoms with van der Waals surface area (Å²) in [6.45, 7) is 4.50. The molecular weight excluding hydrogens is 370 g/mol. The number of nitrogens with one attached hydrogen (secondary N) is 3. The number of ether oxygens (including phenoxy) is 1. The number of methoxy groups -OCH3 is 1. The number of carbonyl (C=O) groups is 1. The molecule has 0 fully saturated rings. The van der Waals surface area contributed by atoms with Crippen molar-refractivity contribution in [2.45, 2.75) is 26.2 Å². The molecule has 0 aliphatic rings. The van der Waals surface area contributed by atoms with Crippen LogP contribution in [0.1, 0.15) is 29.7 Å². The molecule has 1 aromatic heterocycles. The van der Waals surface area contributed by atoms with Gasteiger partial charge in [-0.15, -0.1) is 0 Å². The van der Waals surface area contributed by atoms with E-state index in [9.17, 15) is 14.7 Å². The van der Waals surface area contributed by atoms with Crippen molar-refractivity contribution in [2.24, 2.45) is 0 Å². The van der Waals surface area contributed by atoms with Gasteiger partial charge in [0, 0.05) is 6.54 Å². The Hall–Kier alpha value is -3.48. The first kappa shape index (κ1) is 20.3. The number of carbonyl (C=O) groups excluding carboxylic acids is 1. The van der Waals surface area contributed by atoms with E-state index in [1.807, 2.05) is 26.0 Å². The lowest BCUT2D eigenvalue weighted by Gasteiger charge is -2.14. The third-order valence-corrected chi connectivity index (χ3v) is 4.93. The molecule has 152 valence electrons. The van der Waals surface area contributed by atoms with Crippen LogP contribution in [-0.4, -0.2) is 34.6 Å². The van der Waals surface area contributed by atoms with Crippen molar-refractivity contribution in [2.75, 3.05) is 13.7 Å². The SMILES string of the molecule is COc1ccc(-c2ccc(C(C)CNC(=O)Cc3[nH]c(=O)[nH]c3O)cc2)cc1C. The highest BCUT2D eigenvalue weighted by Gasteiger charge is 2.13. The van der Waals surface area contributed by atoms with E-state index in [4.69, 9.17) is 4.74 Å². The molecule has 7 nitrogen and oxygen atoms in total. The number of aryl methyl sites for hydroxylation is 1. The van der Waals surface area contributed by atoms with E-state index in [2.05, 4.69) is 45.6 Å². The maximum Gasteiger partial charge on any atom is 0.325 e. The van der Waals surface area contributed by atoms with Crippen molar-refractivity contribution in [1.29, 1.82) is 0 Å². The smallest absolute Gasteiger partial charge is 0.325 e. The number of H-pyrrole nitrogens is 2. The van der Waals surface area contributed by atoms with Gasteiger partial charge in [-0.25, -0.2) is 4.79 Å². The van der Waals surface area contributed by atoms with Crippen LogP contribution in [0, 0.1) is 6.92 Å². The van der Waals surface area contributed by atoms with Crippen LogP contribution < -0.4 is 15.7 Å². The van der Waals surface area contributed by atoms with E-state index in [0.717, 1.165) is 28.0 Å². The summed E-state index contributed by atoms with van der Waals surface area (Å²) in [5.41, 5.74) is 4.07. The zero-order valence-corrected chi connectivity index (χ0v) is 16.7. The van der Waals surface area contributed by atoms with Crippen LogP contribution in [0.25, 0.3) is 11.1 Å².